The first-order valence-electron chi connectivity index (χ1n) is 5.79. The van der Waals surface area contributed by atoms with Crippen LogP contribution in [0.15, 0.2) is 0 Å². The summed E-state index contributed by atoms with van der Waals surface area (Å²) in [6, 6.07) is 0.317. The minimum atomic E-state index is 0.127. The predicted molar refractivity (Wildman–Crippen MR) is 56.2 cm³/mol. The maximum atomic E-state index is 11.7. The Labute approximate surface area is 90.2 Å². The molecule has 84 valence electrons. The number of amides is 2. The van der Waals surface area contributed by atoms with Crippen molar-refractivity contribution < 1.29 is 9.59 Å². The van der Waals surface area contributed by atoms with Crippen LogP contribution in [0.25, 0.3) is 0 Å². The van der Waals surface area contributed by atoms with E-state index >= 15 is 0 Å². The van der Waals surface area contributed by atoms with Gasteiger partial charge in [-0.15, -0.1) is 0 Å². The molecular weight excluding hydrogens is 192 g/mol. The molecule has 4 nitrogen and oxygen atoms in total. The van der Waals surface area contributed by atoms with Crippen LogP contribution >= 0.6 is 0 Å². The first kappa shape index (κ1) is 10.5. The molecule has 0 unspecified atom stereocenters. The maximum absolute atomic E-state index is 11.7. The molecule has 0 aromatic carbocycles. The fraction of sp³-hybridized carbons (Fsp3) is 0.818. The van der Waals surface area contributed by atoms with Crippen molar-refractivity contribution in [3.63, 3.8) is 0 Å². The van der Waals surface area contributed by atoms with Crippen molar-refractivity contribution in [2.75, 3.05) is 19.6 Å². The molecule has 0 saturated carbocycles. The van der Waals surface area contributed by atoms with E-state index < -0.39 is 0 Å². The third-order valence-electron chi connectivity index (χ3n) is 3.32. The summed E-state index contributed by atoms with van der Waals surface area (Å²) in [5.74, 6) is 0.277. The Balaban J connectivity index is 1.88. The summed E-state index contributed by atoms with van der Waals surface area (Å²) in [5, 5.41) is 0. The highest BCUT2D eigenvalue weighted by atomic mass is 16.2. The van der Waals surface area contributed by atoms with E-state index in [4.69, 9.17) is 0 Å². The zero-order valence-corrected chi connectivity index (χ0v) is 9.24. The Morgan fingerprint density at radius 2 is 2.33 bits per heavy atom. The highest BCUT2D eigenvalue weighted by Gasteiger charge is 2.39. The predicted octanol–water partition coefficient (Wildman–Crippen LogP) is 0.620. The van der Waals surface area contributed by atoms with Gasteiger partial charge in [0.25, 0.3) is 0 Å². The molecule has 2 saturated heterocycles. The highest BCUT2D eigenvalue weighted by molar-refractivity contribution is 5.86. The molecule has 0 aromatic heterocycles. The molecular formula is C11H18N2O2. The smallest absolute Gasteiger partial charge is 0.242 e. The van der Waals surface area contributed by atoms with Gasteiger partial charge in [-0.3, -0.25) is 9.59 Å². The van der Waals surface area contributed by atoms with E-state index in [0.717, 1.165) is 32.4 Å². The average Bonchev–Trinajstić information content (AvgIpc) is 2.17. The zero-order valence-electron chi connectivity index (χ0n) is 9.24. The third kappa shape index (κ3) is 1.98. The van der Waals surface area contributed by atoms with Gasteiger partial charge >= 0.3 is 0 Å². The normalized spacial score (nSPS) is 24.9. The summed E-state index contributed by atoms with van der Waals surface area (Å²) >= 11 is 0. The van der Waals surface area contributed by atoms with Crippen LogP contribution < -0.4 is 0 Å². The zero-order chi connectivity index (χ0) is 10.8. The number of hydrogen-bond acceptors (Lipinski definition) is 2. The minimum Gasteiger partial charge on any atom is -0.336 e. The van der Waals surface area contributed by atoms with E-state index in [9.17, 15) is 9.59 Å². The molecule has 2 amide bonds. The van der Waals surface area contributed by atoms with Crippen LogP contribution in [0.2, 0.25) is 0 Å². The van der Waals surface area contributed by atoms with Crippen molar-refractivity contribution in [2.24, 2.45) is 0 Å². The van der Waals surface area contributed by atoms with Gasteiger partial charge in [0, 0.05) is 19.5 Å². The summed E-state index contributed by atoms with van der Waals surface area (Å²) in [6.07, 6.45) is 3.61. The number of fused-ring (bicyclic) bond motifs is 1. The monoisotopic (exact) mass is 210 g/mol. The molecule has 0 spiro atoms. The number of nitrogens with zero attached hydrogens (tertiary/aromatic N) is 2. The van der Waals surface area contributed by atoms with Crippen LogP contribution in [-0.4, -0.2) is 47.3 Å². The molecule has 0 bridgehead atoms. The lowest BCUT2D eigenvalue weighted by atomic mass is 9.99. The van der Waals surface area contributed by atoms with E-state index in [0.29, 0.717) is 19.0 Å². The van der Waals surface area contributed by atoms with Crippen LogP contribution in [0.5, 0.6) is 0 Å². The Bertz CT molecular complexity index is 278. The molecule has 0 N–H and O–H groups in total. The van der Waals surface area contributed by atoms with Crippen LogP contribution in [0.1, 0.15) is 32.6 Å². The molecule has 0 radical (unpaired) electrons. The standard InChI is InChI=1S/C11H18N2O2/c1-2-3-4-10(14)12-7-9-5-6-13(9)11(15)8-12/h9H,2-8H2,1H3/t9-/m1/s1. The molecule has 2 aliphatic heterocycles. The lowest BCUT2D eigenvalue weighted by molar-refractivity contribution is -0.154. The molecule has 1 atom stereocenters. The fourth-order valence-corrected chi connectivity index (χ4v) is 2.21. The van der Waals surface area contributed by atoms with E-state index in [1.54, 1.807) is 4.90 Å². The second-order valence-electron chi connectivity index (χ2n) is 4.41. The summed E-state index contributed by atoms with van der Waals surface area (Å²) < 4.78 is 0. The van der Waals surface area contributed by atoms with Crippen LogP contribution in [-0.2, 0) is 9.59 Å². The van der Waals surface area contributed by atoms with Crippen molar-refractivity contribution in [3.05, 3.63) is 0 Å². The molecule has 0 aliphatic carbocycles. The van der Waals surface area contributed by atoms with E-state index in [-0.39, 0.29) is 11.8 Å². The Kier molecular flexibility index (Phi) is 2.93. The number of carbonyl (C=O) groups excluding carboxylic acids is 2. The van der Waals surface area contributed by atoms with Gasteiger partial charge in [-0.2, -0.15) is 0 Å². The highest BCUT2D eigenvalue weighted by Crippen LogP contribution is 2.23. The van der Waals surface area contributed by atoms with E-state index in [2.05, 4.69) is 6.92 Å². The van der Waals surface area contributed by atoms with Crippen molar-refractivity contribution >= 4 is 11.8 Å². The molecule has 15 heavy (non-hydrogen) atoms. The molecule has 2 aliphatic rings. The maximum Gasteiger partial charge on any atom is 0.242 e. The van der Waals surface area contributed by atoms with Gasteiger partial charge in [-0.05, 0) is 12.8 Å². The van der Waals surface area contributed by atoms with Gasteiger partial charge in [0.1, 0.15) is 0 Å². The second-order valence-corrected chi connectivity index (χ2v) is 4.41. The van der Waals surface area contributed by atoms with Crippen molar-refractivity contribution in [3.8, 4) is 0 Å². The van der Waals surface area contributed by atoms with E-state index in [1.807, 2.05) is 4.90 Å². The Morgan fingerprint density at radius 3 is 2.87 bits per heavy atom. The molecule has 2 rings (SSSR count). The van der Waals surface area contributed by atoms with E-state index in [1.165, 1.54) is 0 Å². The third-order valence-corrected chi connectivity index (χ3v) is 3.32. The number of rotatable bonds is 3. The van der Waals surface area contributed by atoms with Crippen molar-refractivity contribution in [1.82, 2.24) is 9.80 Å². The Morgan fingerprint density at radius 1 is 1.53 bits per heavy atom. The lowest BCUT2D eigenvalue weighted by Crippen LogP contribution is -2.64. The van der Waals surface area contributed by atoms with Crippen molar-refractivity contribution in [1.29, 1.82) is 0 Å². The number of piperazine rings is 1. The molecule has 2 heterocycles. The molecule has 4 heteroatoms. The molecule has 0 aromatic rings. The average molecular weight is 210 g/mol. The topological polar surface area (TPSA) is 40.6 Å². The van der Waals surface area contributed by atoms with Gasteiger partial charge in [0.2, 0.25) is 11.8 Å². The summed E-state index contributed by atoms with van der Waals surface area (Å²) in [6.45, 7) is 4.02. The summed E-state index contributed by atoms with van der Waals surface area (Å²) in [7, 11) is 0. The summed E-state index contributed by atoms with van der Waals surface area (Å²) in [4.78, 5) is 26.9. The van der Waals surface area contributed by atoms with Gasteiger partial charge in [0.15, 0.2) is 0 Å². The number of hydrogen-bond donors (Lipinski definition) is 0. The molecule has 2 fully saturated rings. The Hall–Kier alpha value is -1.06. The summed E-state index contributed by atoms with van der Waals surface area (Å²) in [5.41, 5.74) is 0. The largest absolute Gasteiger partial charge is 0.336 e. The number of unbranched alkanes of at least 4 members (excludes halogenated alkanes) is 1. The lowest BCUT2D eigenvalue weighted by Gasteiger charge is -2.48. The first-order chi connectivity index (χ1) is 7.22. The van der Waals surface area contributed by atoms with Crippen molar-refractivity contribution in [2.45, 2.75) is 38.6 Å². The first-order valence-corrected chi connectivity index (χ1v) is 5.79. The second kappa shape index (κ2) is 4.21. The van der Waals surface area contributed by atoms with Gasteiger partial charge < -0.3 is 9.80 Å². The van der Waals surface area contributed by atoms with Crippen LogP contribution in [0.4, 0.5) is 0 Å². The number of carbonyl (C=O) groups is 2. The quantitative estimate of drug-likeness (QED) is 0.685. The van der Waals surface area contributed by atoms with Gasteiger partial charge in [0.05, 0.1) is 12.6 Å². The fourth-order valence-electron chi connectivity index (χ4n) is 2.21. The SMILES string of the molecule is CCCCC(=O)N1CC(=O)N2CC[C@@H]2C1. The minimum absolute atomic E-state index is 0.127. The van der Waals surface area contributed by atoms with Crippen LogP contribution in [0.3, 0.4) is 0 Å². The van der Waals surface area contributed by atoms with Gasteiger partial charge in [-0.25, -0.2) is 0 Å². The van der Waals surface area contributed by atoms with Gasteiger partial charge in [-0.1, -0.05) is 13.3 Å². The van der Waals surface area contributed by atoms with Crippen LogP contribution in [0, 0.1) is 0 Å².